The van der Waals surface area contributed by atoms with Gasteiger partial charge in [-0.25, -0.2) is 9.59 Å². The first-order valence-corrected chi connectivity index (χ1v) is 6.21. The Morgan fingerprint density at radius 3 is 1.71 bits per heavy atom. The van der Waals surface area contributed by atoms with Crippen molar-refractivity contribution in [3.63, 3.8) is 0 Å². The minimum absolute atomic E-state index is 0.0277. The zero-order chi connectivity index (χ0) is 16.0. The van der Waals surface area contributed by atoms with Crippen LogP contribution in [0.25, 0.3) is 0 Å². The summed E-state index contributed by atoms with van der Waals surface area (Å²) in [5.74, 6) is -2.22. The second-order valence-electron chi connectivity index (χ2n) is 4.50. The van der Waals surface area contributed by atoms with Crippen LogP contribution in [0.2, 0.25) is 0 Å². The fourth-order valence-corrected chi connectivity index (χ4v) is 1.77. The maximum atomic E-state index is 10.6. The van der Waals surface area contributed by atoms with Crippen LogP contribution in [0.15, 0.2) is 42.5 Å². The molecule has 0 saturated heterocycles. The number of nitrogens with two attached hydrogens (primary N) is 1. The molecule has 0 radical (unpaired) electrons. The zero-order valence-corrected chi connectivity index (χ0v) is 11.8. The van der Waals surface area contributed by atoms with Crippen LogP contribution in [-0.4, -0.2) is 22.2 Å². The molecule has 0 spiro atoms. The zero-order valence-electron chi connectivity index (χ0n) is 11.8. The van der Waals surface area contributed by atoms with Gasteiger partial charge in [0.05, 0.1) is 11.1 Å². The first-order chi connectivity index (χ1) is 9.82. The van der Waals surface area contributed by atoms with Crippen LogP contribution < -0.4 is 5.73 Å². The summed E-state index contributed by atoms with van der Waals surface area (Å²) >= 11 is 0. The van der Waals surface area contributed by atoms with E-state index in [1.807, 2.05) is 31.2 Å². The molecular formula is C16H17NO4. The molecule has 0 aromatic heterocycles. The number of aromatic carboxylic acids is 2. The fraction of sp³-hybridized carbons (Fsp3) is 0.125. The number of benzene rings is 2. The van der Waals surface area contributed by atoms with Crippen molar-refractivity contribution in [3.05, 3.63) is 64.7 Å². The average Bonchev–Trinajstić information content (AvgIpc) is 2.38. The molecule has 0 amide bonds. The van der Waals surface area contributed by atoms with Gasteiger partial charge in [0.2, 0.25) is 0 Å². The molecule has 5 nitrogen and oxygen atoms in total. The second-order valence-corrected chi connectivity index (χ2v) is 4.50. The SMILES string of the molecule is Cc1c(C(=O)O)cccc1C(=O)O.Cc1cccc(N)c1. The summed E-state index contributed by atoms with van der Waals surface area (Å²) in [5, 5.41) is 17.4. The van der Waals surface area contributed by atoms with Gasteiger partial charge in [0.1, 0.15) is 0 Å². The molecule has 0 fully saturated rings. The smallest absolute Gasteiger partial charge is 0.335 e. The molecule has 21 heavy (non-hydrogen) atoms. The van der Waals surface area contributed by atoms with Crippen LogP contribution in [0.5, 0.6) is 0 Å². The molecule has 0 aliphatic carbocycles. The normalized spacial score (nSPS) is 9.43. The van der Waals surface area contributed by atoms with E-state index in [9.17, 15) is 9.59 Å². The maximum Gasteiger partial charge on any atom is 0.335 e. The summed E-state index contributed by atoms with van der Waals surface area (Å²) in [4.78, 5) is 21.2. The van der Waals surface area contributed by atoms with Crippen molar-refractivity contribution < 1.29 is 19.8 Å². The summed E-state index contributed by atoms with van der Waals surface area (Å²) < 4.78 is 0. The number of carboxylic acids is 2. The van der Waals surface area contributed by atoms with Crippen LogP contribution in [0, 0.1) is 13.8 Å². The topological polar surface area (TPSA) is 101 Å². The van der Waals surface area contributed by atoms with Crippen molar-refractivity contribution >= 4 is 17.6 Å². The highest BCUT2D eigenvalue weighted by molar-refractivity contribution is 5.96. The summed E-state index contributed by atoms with van der Waals surface area (Å²) in [6.07, 6.45) is 0. The Kier molecular flexibility index (Phi) is 5.48. The Labute approximate surface area is 122 Å². The van der Waals surface area contributed by atoms with E-state index in [0.29, 0.717) is 0 Å². The quantitative estimate of drug-likeness (QED) is 0.737. The largest absolute Gasteiger partial charge is 0.478 e. The van der Waals surface area contributed by atoms with E-state index in [1.165, 1.54) is 30.7 Å². The van der Waals surface area contributed by atoms with Crippen molar-refractivity contribution in [2.45, 2.75) is 13.8 Å². The number of hydrogen-bond acceptors (Lipinski definition) is 3. The third-order valence-corrected chi connectivity index (χ3v) is 2.84. The minimum Gasteiger partial charge on any atom is -0.478 e. The molecule has 2 rings (SSSR count). The number of nitrogen functional groups attached to an aromatic ring is 1. The number of hydrogen-bond donors (Lipinski definition) is 3. The lowest BCUT2D eigenvalue weighted by molar-refractivity contribution is 0.0696. The summed E-state index contributed by atoms with van der Waals surface area (Å²) in [6.45, 7) is 3.50. The molecule has 0 aliphatic rings. The van der Waals surface area contributed by atoms with E-state index in [2.05, 4.69) is 0 Å². The molecule has 0 aliphatic heterocycles. The van der Waals surface area contributed by atoms with Gasteiger partial charge >= 0.3 is 11.9 Å². The first-order valence-electron chi connectivity index (χ1n) is 6.21. The Bertz CT molecular complexity index is 616. The Morgan fingerprint density at radius 2 is 1.38 bits per heavy atom. The maximum absolute atomic E-state index is 10.6. The highest BCUT2D eigenvalue weighted by Gasteiger charge is 2.13. The molecule has 2 aromatic carbocycles. The van der Waals surface area contributed by atoms with E-state index < -0.39 is 11.9 Å². The fourth-order valence-electron chi connectivity index (χ4n) is 1.77. The highest BCUT2D eigenvalue weighted by Crippen LogP contribution is 2.13. The number of aryl methyl sites for hydroxylation is 1. The van der Waals surface area contributed by atoms with E-state index in [0.717, 1.165) is 5.69 Å². The van der Waals surface area contributed by atoms with Gasteiger partial charge in [-0.1, -0.05) is 18.2 Å². The van der Waals surface area contributed by atoms with Gasteiger partial charge in [0, 0.05) is 5.69 Å². The molecule has 4 N–H and O–H groups in total. The summed E-state index contributed by atoms with van der Waals surface area (Å²) in [5.41, 5.74) is 7.85. The van der Waals surface area contributed by atoms with Crippen molar-refractivity contribution in [1.29, 1.82) is 0 Å². The molecule has 0 saturated carbocycles. The van der Waals surface area contributed by atoms with Crippen molar-refractivity contribution in [1.82, 2.24) is 0 Å². The average molecular weight is 287 g/mol. The lowest BCUT2D eigenvalue weighted by Crippen LogP contribution is -2.06. The Hall–Kier alpha value is -2.82. The molecule has 110 valence electrons. The predicted molar refractivity (Wildman–Crippen MR) is 80.7 cm³/mol. The van der Waals surface area contributed by atoms with E-state index in [-0.39, 0.29) is 16.7 Å². The summed E-state index contributed by atoms with van der Waals surface area (Å²) in [6, 6.07) is 12.0. The molecular weight excluding hydrogens is 270 g/mol. The third kappa shape index (κ3) is 4.65. The molecule has 0 atom stereocenters. The van der Waals surface area contributed by atoms with E-state index in [4.69, 9.17) is 15.9 Å². The summed E-state index contributed by atoms with van der Waals surface area (Å²) in [7, 11) is 0. The van der Waals surface area contributed by atoms with Crippen molar-refractivity contribution in [3.8, 4) is 0 Å². The number of carbonyl (C=O) groups is 2. The molecule has 5 heteroatoms. The Balaban J connectivity index is 0.000000235. The van der Waals surface area contributed by atoms with Crippen molar-refractivity contribution in [2.75, 3.05) is 5.73 Å². The number of carboxylic acid groups (broad SMARTS) is 2. The van der Waals surface area contributed by atoms with Gasteiger partial charge < -0.3 is 15.9 Å². The van der Waals surface area contributed by atoms with Crippen LogP contribution >= 0.6 is 0 Å². The van der Waals surface area contributed by atoms with Crippen LogP contribution in [0.1, 0.15) is 31.8 Å². The molecule has 0 unspecified atom stereocenters. The van der Waals surface area contributed by atoms with E-state index in [1.54, 1.807) is 0 Å². The van der Waals surface area contributed by atoms with Crippen LogP contribution in [0.4, 0.5) is 5.69 Å². The van der Waals surface area contributed by atoms with Gasteiger partial charge in [0.25, 0.3) is 0 Å². The predicted octanol–water partition coefficient (Wildman–Crippen LogP) is 2.97. The van der Waals surface area contributed by atoms with E-state index >= 15 is 0 Å². The van der Waals surface area contributed by atoms with Crippen LogP contribution in [-0.2, 0) is 0 Å². The number of rotatable bonds is 2. The molecule has 2 aromatic rings. The van der Waals surface area contributed by atoms with Crippen LogP contribution in [0.3, 0.4) is 0 Å². The van der Waals surface area contributed by atoms with Gasteiger partial charge in [-0.2, -0.15) is 0 Å². The first kappa shape index (κ1) is 16.2. The monoisotopic (exact) mass is 287 g/mol. The highest BCUT2D eigenvalue weighted by atomic mass is 16.4. The lowest BCUT2D eigenvalue weighted by Gasteiger charge is -2.03. The Morgan fingerprint density at radius 1 is 0.905 bits per heavy atom. The molecule has 0 bridgehead atoms. The van der Waals surface area contributed by atoms with Gasteiger partial charge in [0.15, 0.2) is 0 Å². The second kappa shape index (κ2) is 7.09. The van der Waals surface area contributed by atoms with Crippen molar-refractivity contribution in [2.24, 2.45) is 0 Å². The third-order valence-electron chi connectivity index (χ3n) is 2.84. The lowest BCUT2D eigenvalue weighted by atomic mass is 10.0. The van der Waals surface area contributed by atoms with Gasteiger partial charge in [-0.15, -0.1) is 0 Å². The van der Waals surface area contributed by atoms with Gasteiger partial charge in [-0.05, 0) is 49.2 Å². The van der Waals surface area contributed by atoms with Gasteiger partial charge in [-0.3, -0.25) is 0 Å². The molecule has 0 heterocycles. The minimum atomic E-state index is -1.11. The number of anilines is 1. The standard InChI is InChI=1S/C9H8O4.C7H9N/c1-5-6(8(10)11)3-2-4-7(5)9(12)13;1-6-3-2-4-7(8)5-6/h2-4H,1H3,(H,10,11)(H,12,13);2-5H,8H2,1H3.